The van der Waals surface area contributed by atoms with E-state index in [1.165, 1.54) is 24.1 Å². The smallest absolute Gasteiger partial charge is 0.262 e. The summed E-state index contributed by atoms with van der Waals surface area (Å²) in [5.41, 5.74) is 0.620. The van der Waals surface area contributed by atoms with E-state index in [2.05, 4.69) is 10.0 Å². The Kier molecular flexibility index (Phi) is 7.97. The van der Waals surface area contributed by atoms with E-state index in [-0.39, 0.29) is 10.8 Å². The minimum atomic E-state index is -3.88. The first-order valence-electron chi connectivity index (χ1n) is 9.71. The van der Waals surface area contributed by atoms with Gasteiger partial charge in [0.2, 0.25) is 0 Å². The van der Waals surface area contributed by atoms with Crippen LogP contribution in [0.25, 0.3) is 0 Å². The van der Waals surface area contributed by atoms with Gasteiger partial charge in [0, 0.05) is 17.0 Å². The predicted octanol–water partition coefficient (Wildman–Crippen LogP) is 4.41. The first-order chi connectivity index (χ1) is 15.0. The topological polar surface area (TPSA) is 84.5 Å². The van der Waals surface area contributed by atoms with Crippen molar-refractivity contribution in [2.45, 2.75) is 16.2 Å². The number of nitrogens with one attached hydrogen (secondary N) is 2. The zero-order valence-corrected chi connectivity index (χ0v) is 18.7. The van der Waals surface area contributed by atoms with Gasteiger partial charge in [-0.25, -0.2) is 8.42 Å². The predicted molar refractivity (Wildman–Crippen MR) is 124 cm³/mol. The number of rotatable bonds is 10. The molecule has 0 aliphatic rings. The van der Waals surface area contributed by atoms with Crippen LogP contribution in [0.4, 0.5) is 5.69 Å². The van der Waals surface area contributed by atoms with Gasteiger partial charge in [-0.3, -0.25) is 9.52 Å². The molecule has 0 saturated carbocycles. The number of methoxy groups -OCH3 is 1. The lowest BCUT2D eigenvalue weighted by Crippen LogP contribution is -2.25. The highest BCUT2D eigenvalue weighted by Gasteiger charge is 2.18. The molecule has 0 fully saturated rings. The number of sulfonamides is 1. The second kappa shape index (κ2) is 10.9. The van der Waals surface area contributed by atoms with Crippen molar-refractivity contribution in [1.82, 2.24) is 5.32 Å². The third kappa shape index (κ3) is 6.50. The van der Waals surface area contributed by atoms with Crippen LogP contribution in [-0.2, 0) is 10.0 Å². The lowest BCUT2D eigenvalue weighted by Gasteiger charge is -2.12. The molecule has 0 saturated heterocycles. The molecular formula is C23H24N2O4S2. The van der Waals surface area contributed by atoms with Crippen LogP contribution in [0.1, 0.15) is 16.8 Å². The Balaban J connectivity index is 1.57. The van der Waals surface area contributed by atoms with E-state index >= 15 is 0 Å². The Hall–Kier alpha value is -2.97. The van der Waals surface area contributed by atoms with Crippen molar-refractivity contribution >= 4 is 33.4 Å². The van der Waals surface area contributed by atoms with Crippen LogP contribution in [0.5, 0.6) is 5.75 Å². The molecule has 162 valence electrons. The van der Waals surface area contributed by atoms with Gasteiger partial charge in [-0.15, -0.1) is 11.8 Å². The summed E-state index contributed by atoms with van der Waals surface area (Å²) in [6.07, 6.45) is 0.804. The maximum Gasteiger partial charge on any atom is 0.262 e. The Morgan fingerprint density at radius 1 is 0.968 bits per heavy atom. The molecule has 3 aromatic carbocycles. The molecule has 3 aromatic rings. The number of ether oxygens (including phenoxy) is 1. The number of hydrogen-bond acceptors (Lipinski definition) is 5. The molecule has 6 nitrogen and oxygen atoms in total. The summed E-state index contributed by atoms with van der Waals surface area (Å²) in [5.74, 6) is 0.981. The molecule has 0 spiro atoms. The summed E-state index contributed by atoms with van der Waals surface area (Å²) in [5, 5.41) is 2.84. The van der Waals surface area contributed by atoms with Crippen LogP contribution in [0.3, 0.4) is 0 Å². The molecule has 0 atom stereocenters. The largest absolute Gasteiger partial charge is 0.495 e. The third-order valence-corrected chi connectivity index (χ3v) is 6.84. The Morgan fingerprint density at radius 2 is 1.71 bits per heavy atom. The van der Waals surface area contributed by atoms with Crippen LogP contribution < -0.4 is 14.8 Å². The van der Waals surface area contributed by atoms with E-state index in [0.717, 1.165) is 12.2 Å². The van der Waals surface area contributed by atoms with Gasteiger partial charge in [-0.1, -0.05) is 36.4 Å². The van der Waals surface area contributed by atoms with Gasteiger partial charge in [0.1, 0.15) is 5.75 Å². The quantitative estimate of drug-likeness (QED) is 0.349. The average Bonchev–Trinajstić information content (AvgIpc) is 2.79. The first kappa shape index (κ1) is 22.7. The molecule has 31 heavy (non-hydrogen) atoms. The minimum absolute atomic E-state index is 0.00527. The maximum atomic E-state index is 12.8. The van der Waals surface area contributed by atoms with Gasteiger partial charge in [0.25, 0.3) is 15.9 Å². The number of benzene rings is 3. The molecule has 0 aromatic heterocycles. The second-order valence-corrected chi connectivity index (χ2v) is 9.46. The fraction of sp³-hybridized carbons (Fsp3) is 0.174. The van der Waals surface area contributed by atoms with Gasteiger partial charge < -0.3 is 10.1 Å². The first-order valence-corrected chi connectivity index (χ1v) is 12.2. The number of thioether (sulfide) groups is 1. The van der Waals surface area contributed by atoms with Gasteiger partial charge in [0.15, 0.2) is 0 Å². The van der Waals surface area contributed by atoms with E-state index in [9.17, 15) is 13.2 Å². The monoisotopic (exact) mass is 456 g/mol. The van der Waals surface area contributed by atoms with Crippen molar-refractivity contribution in [2.75, 3.05) is 24.1 Å². The van der Waals surface area contributed by atoms with Crippen molar-refractivity contribution in [2.24, 2.45) is 0 Å². The van der Waals surface area contributed by atoms with Gasteiger partial charge in [0.05, 0.1) is 17.7 Å². The normalized spacial score (nSPS) is 11.0. The summed E-state index contributed by atoms with van der Waals surface area (Å²) in [7, 11) is -2.41. The molecule has 3 rings (SSSR count). The van der Waals surface area contributed by atoms with Gasteiger partial charge in [-0.2, -0.15) is 0 Å². The van der Waals surface area contributed by atoms with Crippen molar-refractivity contribution in [1.29, 1.82) is 0 Å². The molecular weight excluding hydrogens is 432 g/mol. The van der Waals surface area contributed by atoms with Crippen molar-refractivity contribution in [3.05, 3.63) is 84.4 Å². The van der Waals surface area contributed by atoms with E-state index in [0.29, 0.717) is 23.5 Å². The van der Waals surface area contributed by atoms with Crippen LogP contribution in [0.2, 0.25) is 0 Å². The number of anilines is 1. The highest BCUT2D eigenvalue weighted by atomic mass is 32.2. The third-order valence-electron chi connectivity index (χ3n) is 4.38. The number of carbonyl (C=O) groups is 1. The van der Waals surface area contributed by atoms with Crippen molar-refractivity contribution in [3.63, 3.8) is 0 Å². The molecule has 0 aliphatic carbocycles. The number of para-hydroxylation sites is 2. The average molecular weight is 457 g/mol. The molecule has 1 amide bonds. The number of carbonyl (C=O) groups excluding carboxylic acids is 1. The molecule has 8 heteroatoms. The zero-order valence-electron chi connectivity index (χ0n) is 17.1. The molecule has 0 radical (unpaired) electrons. The van der Waals surface area contributed by atoms with E-state index < -0.39 is 10.0 Å². The number of hydrogen-bond donors (Lipinski definition) is 2. The summed E-state index contributed by atoms with van der Waals surface area (Å²) < 4.78 is 33.3. The van der Waals surface area contributed by atoms with Crippen LogP contribution in [0, 0.1) is 0 Å². The van der Waals surface area contributed by atoms with E-state index in [4.69, 9.17) is 4.74 Å². The Bertz CT molecular complexity index is 1120. The lowest BCUT2D eigenvalue weighted by atomic mass is 10.2. The fourth-order valence-corrected chi connectivity index (χ4v) is 4.81. The molecule has 2 N–H and O–H groups in total. The summed E-state index contributed by atoms with van der Waals surface area (Å²) in [6, 6.07) is 22.8. The van der Waals surface area contributed by atoms with Crippen molar-refractivity contribution < 1.29 is 17.9 Å². The fourth-order valence-electron chi connectivity index (χ4n) is 2.82. The SMILES string of the molecule is COc1ccccc1NS(=O)(=O)c1cccc(C(=O)NCCCSc2ccccc2)c1. The Morgan fingerprint density at radius 3 is 2.48 bits per heavy atom. The molecule has 0 heterocycles. The summed E-state index contributed by atoms with van der Waals surface area (Å²) in [4.78, 5) is 13.7. The second-order valence-electron chi connectivity index (χ2n) is 6.60. The number of amides is 1. The van der Waals surface area contributed by atoms with Crippen LogP contribution >= 0.6 is 11.8 Å². The van der Waals surface area contributed by atoms with E-state index in [1.54, 1.807) is 48.2 Å². The lowest BCUT2D eigenvalue weighted by molar-refractivity contribution is 0.0953. The van der Waals surface area contributed by atoms with Crippen molar-refractivity contribution in [3.8, 4) is 5.75 Å². The maximum absolute atomic E-state index is 12.8. The summed E-state index contributed by atoms with van der Waals surface area (Å²) in [6.45, 7) is 0.509. The van der Waals surface area contributed by atoms with Crippen LogP contribution in [-0.4, -0.2) is 33.7 Å². The Labute approximate surface area is 187 Å². The molecule has 0 unspecified atom stereocenters. The van der Waals surface area contributed by atoms with E-state index in [1.807, 2.05) is 30.3 Å². The zero-order chi connectivity index (χ0) is 22.1. The van der Waals surface area contributed by atoms with Gasteiger partial charge in [-0.05, 0) is 54.6 Å². The highest BCUT2D eigenvalue weighted by molar-refractivity contribution is 7.99. The molecule has 0 bridgehead atoms. The van der Waals surface area contributed by atoms with Crippen LogP contribution in [0.15, 0.2) is 88.7 Å². The molecule has 0 aliphatic heterocycles. The highest BCUT2D eigenvalue weighted by Crippen LogP contribution is 2.26. The van der Waals surface area contributed by atoms with Gasteiger partial charge >= 0.3 is 0 Å². The standard InChI is InChI=1S/C23H24N2O4S2/c1-29-22-14-6-5-13-21(22)25-31(27,28)20-12-7-9-18(17-20)23(26)24-15-8-16-30-19-10-3-2-4-11-19/h2-7,9-14,17,25H,8,15-16H2,1H3,(H,24,26). The minimum Gasteiger partial charge on any atom is -0.495 e. The summed E-state index contributed by atoms with van der Waals surface area (Å²) >= 11 is 1.73.